The van der Waals surface area contributed by atoms with Crippen LogP contribution >= 0.6 is 34.0 Å². The smallest absolute Gasteiger partial charge is 0.0794 e. The van der Waals surface area contributed by atoms with Gasteiger partial charge in [0.15, 0.2) is 0 Å². The molecule has 0 aliphatic carbocycles. The van der Waals surface area contributed by atoms with Gasteiger partial charge in [0.1, 0.15) is 0 Å². The average Bonchev–Trinajstić information content (AvgIpc) is 1.12. The molecule has 0 amide bonds. The Bertz CT molecular complexity index is 8600. The van der Waals surface area contributed by atoms with E-state index in [4.69, 9.17) is 15.0 Å². The van der Waals surface area contributed by atoms with E-state index in [0.29, 0.717) is 0 Å². The number of thiophene rings is 3. The molecule has 19 aromatic carbocycles. The van der Waals surface area contributed by atoms with Gasteiger partial charge in [0.2, 0.25) is 0 Å². The molecule has 0 unspecified atom stereocenters. The Morgan fingerprint density at radius 3 is 0.836 bits per heavy atom. The van der Waals surface area contributed by atoms with Crippen LogP contribution in [0, 0.1) is 6.92 Å². The second kappa shape index (κ2) is 29.6. The molecule has 0 atom stereocenters. The molecule has 574 valence electrons. The Morgan fingerprint density at radius 2 is 0.451 bits per heavy atom. The highest BCUT2D eigenvalue weighted by Gasteiger charge is 2.26. The lowest BCUT2D eigenvalue weighted by atomic mass is 9.82. The minimum absolute atomic E-state index is 0.0786. The van der Waals surface area contributed by atoms with E-state index in [-0.39, 0.29) is 5.41 Å². The molecule has 25 aromatic rings. The van der Waals surface area contributed by atoms with Gasteiger partial charge in [-0.05, 0) is 165 Å². The maximum Gasteiger partial charge on any atom is 0.0794 e. The average molecular weight is 1610 g/mol. The van der Waals surface area contributed by atoms with Gasteiger partial charge < -0.3 is 0 Å². The summed E-state index contributed by atoms with van der Waals surface area (Å²) in [6.45, 7) is 9.07. The molecule has 6 aromatic heterocycles. The molecule has 25 rings (SSSR count). The summed E-state index contributed by atoms with van der Waals surface area (Å²) in [5.74, 6) is 0. The van der Waals surface area contributed by atoms with Gasteiger partial charge >= 0.3 is 0 Å². The number of benzene rings is 19. The van der Waals surface area contributed by atoms with Crippen molar-refractivity contribution in [2.75, 3.05) is 0 Å². The van der Waals surface area contributed by atoms with Crippen LogP contribution in [-0.2, 0) is 5.41 Å². The highest BCUT2D eigenvalue weighted by atomic mass is 32.1. The van der Waals surface area contributed by atoms with Crippen molar-refractivity contribution < 1.29 is 0 Å². The molecular formula is C116H77N3S3. The van der Waals surface area contributed by atoms with E-state index in [2.05, 4.69) is 422 Å². The first-order chi connectivity index (χ1) is 60.1. The van der Waals surface area contributed by atoms with Crippen LogP contribution in [-0.4, -0.2) is 15.0 Å². The van der Waals surface area contributed by atoms with E-state index >= 15 is 0 Å². The molecule has 0 aliphatic rings. The van der Waals surface area contributed by atoms with Gasteiger partial charge in [-0.25, -0.2) is 15.0 Å². The van der Waals surface area contributed by atoms with E-state index in [9.17, 15) is 0 Å². The SMILES string of the molecule is CC(C)(C)c1cc2c3ccccc3c3ccccc3c2nc1-c1cccc(-c2cccc3c2sc2ccccc23)c1.Cc1cc2c3ccccc3c3ccccc3c2nc1-c1cccc(-c2cccc3c2sc2ccccc23)c1.c1ccc(-c2cc3c4ccccc4c4ccccc4c3nc2-c2cccc(-c3cccc4c3sc3ccccc34)c2)cc1. The molecule has 0 aliphatic heterocycles. The number of aryl methyl sites for hydroxylation is 1. The minimum Gasteiger partial charge on any atom is -0.247 e. The van der Waals surface area contributed by atoms with E-state index in [1.165, 1.54) is 191 Å². The van der Waals surface area contributed by atoms with Gasteiger partial charge in [-0.3, -0.25) is 0 Å². The summed E-state index contributed by atoms with van der Waals surface area (Å²) in [5.41, 5.74) is 21.9. The Labute approximate surface area is 718 Å². The van der Waals surface area contributed by atoms with Crippen LogP contribution in [0.15, 0.2) is 394 Å². The number of hydrogen-bond donors (Lipinski definition) is 0. The number of aromatic nitrogens is 3. The molecule has 0 saturated heterocycles. The summed E-state index contributed by atoms with van der Waals surface area (Å²) < 4.78 is 7.99. The maximum absolute atomic E-state index is 5.53. The van der Waals surface area contributed by atoms with Crippen LogP contribution in [0.1, 0.15) is 31.9 Å². The van der Waals surface area contributed by atoms with Crippen LogP contribution in [0.4, 0.5) is 0 Å². The van der Waals surface area contributed by atoms with Crippen LogP contribution in [0.25, 0.3) is 236 Å². The largest absolute Gasteiger partial charge is 0.247 e. The number of pyridine rings is 3. The van der Waals surface area contributed by atoms with Crippen LogP contribution in [0.2, 0.25) is 0 Å². The van der Waals surface area contributed by atoms with Crippen LogP contribution < -0.4 is 0 Å². The van der Waals surface area contributed by atoms with E-state index in [1.54, 1.807) is 0 Å². The van der Waals surface area contributed by atoms with E-state index < -0.39 is 0 Å². The third-order valence-electron chi connectivity index (χ3n) is 24.8. The Kier molecular flexibility index (Phi) is 17.6. The topological polar surface area (TPSA) is 38.7 Å². The van der Waals surface area contributed by atoms with Crippen molar-refractivity contribution in [3.8, 4) is 78.3 Å². The van der Waals surface area contributed by atoms with Gasteiger partial charge in [-0.15, -0.1) is 34.0 Å². The third-order valence-corrected chi connectivity index (χ3v) is 28.4. The zero-order valence-electron chi connectivity index (χ0n) is 67.6. The molecule has 6 heteroatoms. The van der Waals surface area contributed by atoms with Crippen LogP contribution in [0.3, 0.4) is 0 Å². The molecule has 0 saturated carbocycles. The van der Waals surface area contributed by atoms with E-state index in [1.807, 2.05) is 34.0 Å². The quantitative estimate of drug-likeness (QED) is 0.149. The predicted octanol–water partition coefficient (Wildman–Crippen LogP) is 34.0. The van der Waals surface area contributed by atoms with Crippen molar-refractivity contribution in [2.24, 2.45) is 0 Å². The van der Waals surface area contributed by atoms with Crippen molar-refractivity contribution in [1.29, 1.82) is 0 Å². The Morgan fingerprint density at radius 1 is 0.189 bits per heavy atom. The van der Waals surface area contributed by atoms with Crippen molar-refractivity contribution >= 4 is 192 Å². The number of rotatable bonds is 7. The van der Waals surface area contributed by atoms with E-state index in [0.717, 1.165) is 55.9 Å². The van der Waals surface area contributed by atoms with Crippen molar-refractivity contribution in [3.63, 3.8) is 0 Å². The fourth-order valence-electron chi connectivity index (χ4n) is 19.1. The highest BCUT2D eigenvalue weighted by molar-refractivity contribution is 7.27. The Balaban J connectivity index is 0.000000106. The van der Waals surface area contributed by atoms with Crippen molar-refractivity contribution in [1.82, 2.24) is 15.0 Å². The summed E-state index contributed by atoms with van der Waals surface area (Å²) in [5, 5.41) is 26.5. The zero-order valence-corrected chi connectivity index (χ0v) is 70.0. The summed E-state index contributed by atoms with van der Waals surface area (Å²) >= 11 is 5.63. The minimum atomic E-state index is -0.0786. The number of hydrogen-bond acceptors (Lipinski definition) is 6. The lowest BCUT2D eigenvalue weighted by Crippen LogP contribution is -2.14. The molecule has 0 spiro atoms. The van der Waals surface area contributed by atoms with Gasteiger partial charge in [-0.1, -0.05) is 360 Å². The molecule has 6 heterocycles. The van der Waals surface area contributed by atoms with Crippen molar-refractivity contribution in [3.05, 3.63) is 405 Å². The fraction of sp³-hybridized carbons (Fsp3) is 0.0431. The lowest BCUT2D eigenvalue weighted by Gasteiger charge is -2.24. The summed E-state index contributed by atoms with van der Waals surface area (Å²) in [7, 11) is 0. The van der Waals surface area contributed by atoms with Gasteiger partial charge in [0.05, 0.1) is 33.6 Å². The van der Waals surface area contributed by atoms with Gasteiger partial charge in [0, 0.05) is 115 Å². The molecule has 3 nitrogen and oxygen atoms in total. The molecule has 0 fully saturated rings. The monoisotopic (exact) mass is 1610 g/mol. The highest BCUT2D eigenvalue weighted by Crippen LogP contribution is 2.49. The summed E-state index contributed by atoms with van der Waals surface area (Å²) in [6.07, 6.45) is 0. The Hall–Kier alpha value is -14.4. The number of fused-ring (bicyclic) bond motifs is 27. The molecule has 122 heavy (non-hydrogen) atoms. The zero-order chi connectivity index (χ0) is 81.3. The maximum atomic E-state index is 5.53. The summed E-state index contributed by atoms with van der Waals surface area (Å²) in [6, 6.07) is 143. The van der Waals surface area contributed by atoms with Gasteiger partial charge in [-0.2, -0.15) is 0 Å². The predicted molar refractivity (Wildman–Crippen MR) is 530 cm³/mol. The molecule has 0 bridgehead atoms. The van der Waals surface area contributed by atoms with Crippen LogP contribution in [0.5, 0.6) is 0 Å². The molecule has 0 radical (unpaired) electrons. The molecular weight excluding hydrogens is 1530 g/mol. The summed E-state index contributed by atoms with van der Waals surface area (Å²) in [4.78, 5) is 16.4. The lowest BCUT2D eigenvalue weighted by molar-refractivity contribution is 0.591. The molecule has 0 N–H and O–H groups in total. The normalized spacial score (nSPS) is 11.9. The third kappa shape index (κ3) is 12.3. The second-order valence-corrected chi connectivity index (χ2v) is 36.2. The van der Waals surface area contributed by atoms with Crippen molar-refractivity contribution in [2.45, 2.75) is 33.1 Å². The number of nitrogens with zero attached hydrogens (tertiary/aromatic N) is 3. The first kappa shape index (κ1) is 72.8. The standard InChI is InChI=1S/C41H25NS.C39H29NS.C36H23NS/c1-2-12-26(13-3-1)36-25-37-32-18-5-4-16-30(32)31-17-6-7-20-34(31)40(37)42-39(36)28-15-10-14-27(24-28)29-21-11-22-35-33-19-8-9-23-38(33)43-41(29)35;1-39(2,3)34-23-33-29-16-5-4-14-27(29)28-15-6-7-18-31(28)37(33)40-36(34)25-13-10-12-24(22-25)26-19-11-20-32-30-17-8-9-21-35(30)41-38(26)32;1-22-20-32-28-14-3-2-12-26(28)27-13-4-5-16-30(27)35(32)37-34(22)24-11-8-10-23(21-24)25-17-9-18-31-29-15-6-7-19-33(29)38-36(25)31/h1-25H;4-23H,1-3H3;2-21H,1H3. The first-order valence-electron chi connectivity index (χ1n) is 41.9. The second-order valence-electron chi connectivity index (χ2n) is 33.1. The van der Waals surface area contributed by atoms with Gasteiger partial charge in [0.25, 0.3) is 0 Å². The first-order valence-corrected chi connectivity index (χ1v) is 44.3. The fourth-order valence-corrected chi connectivity index (χ4v) is 22.8.